The fraction of sp³-hybridized carbons (Fsp3) is 0.143. The Morgan fingerprint density at radius 1 is 1.10 bits per heavy atom. The third kappa shape index (κ3) is 5.55. The Labute approximate surface area is 196 Å². The fourth-order valence-corrected chi connectivity index (χ4v) is 4.49. The van der Waals surface area contributed by atoms with Gasteiger partial charge in [-0.05, 0) is 58.7 Å². The van der Waals surface area contributed by atoms with E-state index in [1.54, 1.807) is 54.8 Å². The Hall–Kier alpha value is -2.06. The molecule has 0 aliphatic rings. The molecule has 0 fully saturated rings. The molecule has 0 saturated carbocycles. The van der Waals surface area contributed by atoms with Gasteiger partial charge in [0.05, 0.1) is 11.1 Å². The van der Waals surface area contributed by atoms with Crippen LogP contribution in [0.4, 0.5) is 5.00 Å². The van der Waals surface area contributed by atoms with E-state index < -0.39 is 11.9 Å². The summed E-state index contributed by atoms with van der Waals surface area (Å²) in [4.78, 5) is 25.0. The normalized spacial score (nSPS) is 10.5. The van der Waals surface area contributed by atoms with Crippen molar-refractivity contribution in [1.82, 2.24) is 0 Å². The molecule has 0 spiro atoms. The van der Waals surface area contributed by atoms with E-state index in [1.165, 1.54) is 11.3 Å². The number of halogens is 3. The van der Waals surface area contributed by atoms with Crippen molar-refractivity contribution in [3.05, 3.63) is 67.9 Å². The second-order valence-electron chi connectivity index (χ2n) is 5.99. The molecule has 30 heavy (non-hydrogen) atoms. The highest BCUT2D eigenvalue weighted by Gasteiger charge is 2.23. The summed E-state index contributed by atoms with van der Waals surface area (Å²) in [6.07, 6.45) is 0. The average molecular weight is 529 g/mol. The van der Waals surface area contributed by atoms with E-state index in [4.69, 9.17) is 32.7 Å². The average Bonchev–Trinajstić information content (AvgIpc) is 3.11. The lowest BCUT2D eigenvalue weighted by Gasteiger charge is -2.10. The SMILES string of the molecule is CCOC(=O)c1c(-c2ccc(Cl)cc2)csc1NC(=O)COc1ccc(Cl)cc1Br. The molecular formula is C21H16BrCl2NO4S. The van der Waals surface area contributed by atoms with Crippen molar-refractivity contribution in [3.63, 3.8) is 0 Å². The first-order valence-corrected chi connectivity index (χ1v) is 11.2. The summed E-state index contributed by atoms with van der Waals surface area (Å²) in [6.45, 7) is 1.70. The number of hydrogen-bond donors (Lipinski definition) is 1. The summed E-state index contributed by atoms with van der Waals surface area (Å²) < 4.78 is 11.4. The van der Waals surface area contributed by atoms with E-state index >= 15 is 0 Å². The highest BCUT2D eigenvalue weighted by Crippen LogP contribution is 2.36. The van der Waals surface area contributed by atoms with Crippen LogP contribution in [0.25, 0.3) is 11.1 Å². The van der Waals surface area contributed by atoms with Crippen molar-refractivity contribution in [3.8, 4) is 16.9 Å². The van der Waals surface area contributed by atoms with Crippen molar-refractivity contribution < 1.29 is 19.1 Å². The minimum absolute atomic E-state index is 0.218. The number of esters is 1. The third-order valence-electron chi connectivity index (χ3n) is 3.93. The molecule has 5 nitrogen and oxygen atoms in total. The first-order valence-electron chi connectivity index (χ1n) is 8.81. The van der Waals surface area contributed by atoms with Crippen molar-refractivity contribution in [1.29, 1.82) is 0 Å². The van der Waals surface area contributed by atoms with Gasteiger partial charge in [-0.25, -0.2) is 4.79 Å². The highest BCUT2D eigenvalue weighted by atomic mass is 79.9. The number of hydrogen-bond acceptors (Lipinski definition) is 5. The van der Waals surface area contributed by atoms with Crippen LogP contribution in [-0.4, -0.2) is 25.1 Å². The van der Waals surface area contributed by atoms with Crippen molar-refractivity contribution in [2.45, 2.75) is 6.92 Å². The molecule has 0 radical (unpaired) electrons. The van der Waals surface area contributed by atoms with E-state index in [1.807, 2.05) is 0 Å². The third-order valence-corrected chi connectivity index (χ3v) is 5.93. The van der Waals surface area contributed by atoms with Crippen LogP contribution >= 0.6 is 50.5 Å². The second-order valence-corrected chi connectivity index (χ2v) is 8.60. The van der Waals surface area contributed by atoms with Crippen molar-refractivity contribution in [2.75, 3.05) is 18.5 Å². The van der Waals surface area contributed by atoms with Gasteiger partial charge in [-0.2, -0.15) is 0 Å². The van der Waals surface area contributed by atoms with Gasteiger partial charge in [-0.3, -0.25) is 4.79 Å². The molecule has 1 aromatic heterocycles. The Balaban J connectivity index is 1.79. The number of carbonyl (C=O) groups is 2. The summed E-state index contributed by atoms with van der Waals surface area (Å²) in [5.74, 6) is -0.444. The maximum Gasteiger partial charge on any atom is 0.341 e. The van der Waals surface area contributed by atoms with E-state index in [0.717, 1.165) is 5.56 Å². The van der Waals surface area contributed by atoms with E-state index in [2.05, 4.69) is 21.2 Å². The molecule has 1 N–H and O–H groups in total. The van der Waals surface area contributed by atoms with Crippen LogP contribution in [0.3, 0.4) is 0 Å². The van der Waals surface area contributed by atoms with E-state index in [9.17, 15) is 9.59 Å². The lowest BCUT2D eigenvalue weighted by atomic mass is 10.0. The van der Waals surface area contributed by atoms with Crippen LogP contribution in [0.5, 0.6) is 5.75 Å². The summed E-state index contributed by atoms with van der Waals surface area (Å²) in [6, 6.07) is 12.1. The number of nitrogens with one attached hydrogen (secondary N) is 1. The Morgan fingerprint density at radius 3 is 2.47 bits per heavy atom. The van der Waals surface area contributed by atoms with Crippen LogP contribution in [-0.2, 0) is 9.53 Å². The summed E-state index contributed by atoms with van der Waals surface area (Å²) >= 11 is 16.4. The van der Waals surface area contributed by atoms with Crippen LogP contribution in [0, 0.1) is 0 Å². The molecule has 0 atom stereocenters. The number of benzene rings is 2. The van der Waals surface area contributed by atoms with Gasteiger partial charge in [0.15, 0.2) is 6.61 Å². The van der Waals surface area contributed by atoms with Gasteiger partial charge in [0.2, 0.25) is 0 Å². The van der Waals surface area contributed by atoms with Crippen LogP contribution in [0.2, 0.25) is 10.0 Å². The smallest absolute Gasteiger partial charge is 0.341 e. The summed E-state index contributed by atoms with van der Waals surface area (Å²) in [7, 11) is 0. The van der Waals surface area contributed by atoms with E-state index in [-0.39, 0.29) is 13.2 Å². The molecule has 3 rings (SSSR count). The minimum atomic E-state index is -0.514. The number of thiophene rings is 1. The molecule has 9 heteroatoms. The number of carbonyl (C=O) groups excluding carboxylic acids is 2. The van der Waals surface area contributed by atoms with Gasteiger partial charge in [0.1, 0.15) is 16.3 Å². The van der Waals surface area contributed by atoms with Crippen LogP contribution in [0.1, 0.15) is 17.3 Å². The van der Waals surface area contributed by atoms with E-state index in [0.29, 0.717) is 36.4 Å². The lowest BCUT2D eigenvalue weighted by Crippen LogP contribution is -2.21. The second kappa shape index (κ2) is 10.3. The Bertz CT molecular complexity index is 1070. The number of ether oxygens (including phenoxy) is 2. The quantitative estimate of drug-likeness (QED) is 0.347. The predicted molar refractivity (Wildman–Crippen MR) is 124 cm³/mol. The molecule has 0 bridgehead atoms. The van der Waals surface area contributed by atoms with Gasteiger partial charge < -0.3 is 14.8 Å². The maximum atomic E-state index is 12.6. The topological polar surface area (TPSA) is 64.6 Å². The molecule has 156 valence electrons. The minimum Gasteiger partial charge on any atom is -0.483 e. The standard InChI is InChI=1S/C21H16BrCl2NO4S/c1-2-28-21(27)19-15(12-3-5-13(23)6-4-12)11-30-20(19)25-18(26)10-29-17-8-7-14(24)9-16(17)22/h3-9,11H,2,10H2,1H3,(H,25,26). The first kappa shape index (κ1) is 22.6. The van der Waals surface area contributed by atoms with Crippen LogP contribution in [0.15, 0.2) is 52.3 Å². The summed E-state index contributed by atoms with van der Waals surface area (Å²) in [5, 5.41) is 6.06. The zero-order chi connectivity index (χ0) is 21.7. The van der Waals surface area contributed by atoms with Gasteiger partial charge >= 0.3 is 5.97 Å². The largest absolute Gasteiger partial charge is 0.483 e. The predicted octanol–water partition coefficient (Wildman–Crippen LogP) is 6.68. The molecule has 1 heterocycles. The molecule has 0 unspecified atom stereocenters. The molecule has 0 saturated heterocycles. The fourth-order valence-electron chi connectivity index (χ4n) is 2.60. The zero-order valence-electron chi connectivity index (χ0n) is 15.7. The molecule has 1 amide bonds. The molecule has 0 aliphatic carbocycles. The van der Waals surface area contributed by atoms with Gasteiger partial charge in [-0.15, -0.1) is 11.3 Å². The first-order chi connectivity index (χ1) is 14.4. The zero-order valence-corrected chi connectivity index (χ0v) is 19.6. The van der Waals surface area contributed by atoms with Crippen LogP contribution < -0.4 is 10.1 Å². The maximum absolute atomic E-state index is 12.6. The molecule has 2 aromatic carbocycles. The van der Waals surface area contributed by atoms with Gasteiger partial charge in [-0.1, -0.05) is 35.3 Å². The monoisotopic (exact) mass is 527 g/mol. The summed E-state index contributed by atoms with van der Waals surface area (Å²) in [5.41, 5.74) is 1.75. The van der Waals surface area contributed by atoms with Gasteiger partial charge in [0, 0.05) is 21.0 Å². The van der Waals surface area contributed by atoms with Gasteiger partial charge in [0.25, 0.3) is 5.91 Å². The molecular weight excluding hydrogens is 513 g/mol. The lowest BCUT2D eigenvalue weighted by molar-refractivity contribution is -0.118. The number of rotatable bonds is 7. The highest BCUT2D eigenvalue weighted by molar-refractivity contribution is 9.10. The van der Waals surface area contributed by atoms with Crippen molar-refractivity contribution in [2.24, 2.45) is 0 Å². The number of anilines is 1. The molecule has 0 aliphatic heterocycles. The Kier molecular flexibility index (Phi) is 7.77. The Morgan fingerprint density at radius 2 is 1.80 bits per heavy atom. The van der Waals surface area contributed by atoms with Crippen molar-refractivity contribution >= 4 is 67.3 Å². The number of amides is 1. The molecule has 3 aromatic rings.